The summed E-state index contributed by atoms with van der Waals surface area (Å²) in [5.74, 6) is -3.17. The fraction of sp³-hybridized carbons (Fsp3) is 0.320. The zero-order valence-corrected chi connectivity index (χ0v) is 18.2. The van der Waals surface area contributed by atoms with Crippen molar-refractivity contribution < 1.29 is 25.9 Å². The predicted molar refractivity (Wildman–Crippen MR) is 125 cm³/mol. The minimum atomic E-state index is -3.02. The number of ether oxygens (including phenoxy) is 1. The van der Waals surface area contributed by atoms with E-state index in [1.807, 2.05) is 0 Å². The first-order valence-corrected chi connectivity index (χ1v) is 10.7. The molecular formula is C25H22ClF2N5O. The molecule has 0 unspecified atom stereocenters. The van der Waals surface area contributed by atoms with Gasteiger partial charge in [-0.2, -0.15) is 0 Å². The SMILES string of the molecule is [2H]C([2H])([2H])c1cc([C@@H]2C[C@H](c3nc(-c4ccc(Cl)c(F)c4F)c4nc(C([2H])([2H])[2H])c(C([2H])([2H])[2H])nc4n3)CCO2)ccn1. The van der Waals surface area contributed by atoms with Crippen molar-refractivity contribution in [2.45, 2.75) is 45.4 Å². The summed E-state index contributed by atoms with van der Waals surface area (Å²) >= 11 is 5.75. The number of pyridine rings is 1. The second kappa shape index (κ2) is 8.92. The number of halogens is 3. The molecule has 0 amide bonds. The standard InChI is InChI=1S/C25H22ClF2N5O/c1-12-10-15(6-8-29-12)19-11-16(7-9-34-19)24-32-22(17-4-5-18(26)21(28)20(17)27)23-25(33-24)31-14(3)13(2)30-23/h4-6,8,10,16,19H,7,9,11H2,1-3H3/t16-,19+/m1/s1/i1D3,2D3,3D3. The second-order valence-corrected chi connectivity index (χ2v) is 8.21. The van der Waals surface area contributed by atoms with Gasteiger partial charge in [-0.15, -0.1) is 0 Å². The summed E-state index contributed by atoms with van der Waals surface area (Å²) in [6.07, 6.45) is 1.36. The van der Waals surface area contributed by atoms with Crippen molar-refractivity contribution in [2.75, 3.05) is 6.61 Å². The van der Waals surface area contributed by atoms with E-state index in [1.165, 1.54) is 12.3 Å². The van der Waals surface area contributed by atoms with Crippen LogP contribution in [0.25, 0.3) is 22.4 Å². The van der Waals surface area contributed by atoms with Crippen LogP contribution >= 0.6 is 11.6 Å². The Hall–Kier alpha value is -3.10. The van der Waals surface area contributed by atoms with Crippen LogP contribution in [0, 0.1) is 32.2 Å². The predicted octanol–water partition coefficient (Wildman–Crippen LogP) is 5.97. The Morgan fingerprint density at radius 3 is 2.71 bits per heavy atom. The maximum Gasteiger partial charge on any atom is 0.182 e. The maximum atomic E-state index is 15.2. The highest BCUT2D eigenvalue weighted by Crippen LogP contribution is 2.38. The highest BCUT2D eigenvalue weighted by atomic mass is 35.5. The van der Waals surface area contributed by atoms with E-state index in [2.05, 4.69) is 24.9 Å². The second-order valence-electron chi connectivity index (χ2n) is 7.80. The summed E-state index contributed by atoms with van der Waals surface area (Å²) < 4.78 is 106. The molecular weight excluding hydrogens is 460 g/mol. The van der Waals surface area contributed by atoms with E-state index in [-0.39, 0.29) is 41.4 Å². The van der Waals surface area contributed by atoms with E-state index in [9.17, 15) is 4.39 Å². The summed E-state index contributed by atoms with van der Waals surface area (Å²) in [6, 6.07) is 5.27. The Balaban J connectivity index is 1.70. The molecule has 0 aliphatic carbocycles. The smallest absolute Gasteiger partial charge is 0.182 e. The zero-order chi connectivity index (χ0) is 31.5. The van der Waals surface area contributed by atoms with Crippen LogP contribution in [0.15, 0.2) is 30.5 Å². The summed E-state index contributed by atoms with van der Waals surface area (Å²) in [6.45, 7) is -8.24. The monoisotopic (exact) mass is 490 g/mol. The lowest BCUT2D eigenvalue weighted by molar-refractivity contribution is 0.00393. The van der Waals surface area contributed by atoms with Crippen molar-refractivity contribution in [1.29, 1.82) is 0 Å². The Morgan fingerprint density at radius 1 is 1.03 bits per heavy atom. The zero-order valence-electron chi connectivity index (χ0n) is 26.4. The van der Waals surface area contributed by atoms with Crippen molar-refractivity contribution in [3.8, 4) is 11.3 Å². The molecule has 1 aliphatic heterocycles. The molecule has 174 valence electrons. The molecule has 34 heavy (non-hydrogen) atoms. The summed E-state index contributed by atoms with van der Waals surface area (Å²) in [5.41, 5.74) is -2.61. The van der Waals surface area contributed by atoms with E-state index in [1.54, 1.807) is 6.07 Å². The lowest BCUT2D eigenvalue weighted by Crippen LogP contribution is -2.21. The third-order valence-corrected chi connectivity index (χ3v) is 5.94. The molecule has 4 aromatic rings. The van der Waals surface area contributed by atoms with Crippen LogP contribution in [0.3, 0.4) is 0 Å². The quantitative estimate of drug-likeness (QED) is 0.329. The topological polar surface area (TPSA) is 73.7 Å². The van der Waals surface area contributed by atoms with E-state index in [0.717, 1.165) is 12.1 Å². The molecule has 1 aliphatic rings. The van der Waals surface area contributed by atoms with Gasteiger partial charge in [-0.25, -0.2) is 28.7 Å². The van der Waals surface area contributed by atoms with Gasteiger partial charge in [0, 0.05) is 42.3 Å². The van der Waals surface area contributed by atoms with Crippen molar-refractivity contribution >= 4 is 22.8 Å². The number of rotatable bonds is 3. The third kappa shape index (κ3) is 4.12. The van der Waals surface area contributed by atoms with Gasteiger partial charge >= 0.3 is 0 Å². The summed E-state index contributed by atoms with van der Waals surface area (Å²) in [4.78, 5) is 20.9. The molecule has 5 rings (SSSR count). The normalized spacial score (nSPS) is 23.4. The Morgan fingerprint density at radius 2 is 1.88 bits per heavy atom. The Kier molecular flexibility index (Phi) is 3.76. The number of hydrogen-bond acceptors (Lipinski definition) is 6. The third-order valence-electron chi connectivity index (χ3n) is 5.64. The van der Waals surface area contributed by atoms with Gasteiger partial charge < -0.3 is 4.74 Å². The molecule has 9 heteroatoms. The first-order chi connectivity index (χ1) is 19.9. The van der Waals surface area contributed by atoms with E-state index in [4.69, 9.17) is 28.7 Å². The van der Waals surface area contributed by atoms with Gasteiger partial charge in [0.05, 0.1) is 22.5 Å². The van der Waals surface area contributed by atoms with Crippen molar-refractivity contribution in [3.05, 3.63) is 75.6 Å². The van der Waals surface area contributed by atoms with Gasteiger partial charge in [-0.05, 0) is 63.2 Å². The Labute approximate surface area is 213 Å². The summed E-state index contributed by atoms with van der Waals surface area (Å²) in [7, 11) is 0. The average molecular weight is 491 g/mol. The molecule has 1 fully saturated rings. The first kappa shape index (κ1) is 14.3. The molecule has 0 bridgehead atoms. The number of nitrogens with zero attached hydrogens (tertiary/aromatic N) is 5. The molecule has 0 N–H and O–H groups in total. The fourth-order valence-corrected chi connectivity index (χ4v) is 4.10. The molecule has 0 saturated carbocycles. The van der Waals surface area contributed by atoms with Gasteiger partial charge in [-0.1, -0.05) is 11.6 Å². The minimum absolute atomic E-state index is 0.0723. The van der Waals surface area contributed by atoms with Crippen LogP contribution in [0.5, 0.6) is 0 Å². The molecule has 4 heterocycles. The van der Waals surface area contributed by atoms with Gasteiger partial charge in [0.2, 0.25) is 0 Å². The van der Waals surface area contributed by atoms with E-state index < -0.39 is 66.2 Å². The lowest BCUT2D eigenvalue weighted by atomic mass is 9.91. The first-order valence-electron chi connectivity index (χ1n) is 14.8. The maximum absolute atomic E-state index is 15.2. The number of aryl methyl sites for hydroxylation is 3. The molecule has 6 nitrogen and oxygen atoms in total. The number of benzene rings is 1. The van der Waals surface area contributed by atoms with Crippen LogP contribution in [0.2, 0.25) is 5.02 Å². The minimum Gasteiger partial charge on any atom is -0.373 e. The number of fused-ring (bicyclic) bond motifs is 1. The number of aromatic nitrogens is 5. The number of hydrogen-bond donors (Lipinski definition) is 0. The largest absolute Gasteiger partial charge is 0.373 e. The van der Waals surface area contributed by atoms with Gasteiger partial charge in [0.25, 0.3) is 0 Å². The van der Waals surface area contributed by atoms with Crippen LogP contribution in [0.4, 0.5) is 8.78 Å². The van der Waals surface area contributed by atoms with Crippen LogP contribution in [-0.2, 0) is 4.74 Å². The van der Waals surface area contributed by atoms with Crippen molar-refractivity contribution in [1.82, 2.24) is 24.9 Å². The van der Waals surface area contributed by atoms with Gasteiger partial charge in [0.1, 0.15) is 17.0 Å². The van der Waals surface area contributed by atoms with E-state index >= 15 is 4.39 Å². The van der Waals surface area contributed by atoms with Crippen molar-refractivity contribution in [3.63, 3.8) is 0 Å². The Bertz CT molecular complexity index is 1720. The average Bonchev–Trinajstić information content (AvgIpc) is 2.93. The fourth-order valence-electron chi connectivity index (χ4n) is 3.95. The van der Waals surface area contributed by atoms with Crippen LogP contribution in [-0.4, -0.2) is 31.5 Å². The molecule has 0 spiro atoms. The highest BCUT2D eigenvalue weighted by Gasteiger charge is 2.29. The molecule has 2 atom stereocenters. The molecule has 3 aromatic heterocycles. The molecule has 0 radical (unpaired) electrons. The molecule has 1 saturated heterocycles. The van der Waals surface area contributed by atoms with Crippen molar-refractivity contribution in [2.24, 2.45) is 0 Å². The van der Waals surface area contributed by atoms with Gasteiger partial charge in [0.15, 0.2) is 17.3 Å². The van der Waals surface area contributed by atoms with E-state index in [0.29, 0.717) is 12.0 Å². The lowest BCUT2D eigenvalue weighted by Gasteiger charge is -2.29. The summed E-state index contributed by atoms with van der Waals surface area (Å²) in [5, 5.41) is -0.500. The van der Waals surface area contributed by atoms with Crippen LogP contribution < -0.4 is 0 Å². The van der Waals surface area contributed by atoms with Crippen LogP contribution in [0.1, 0.15) is 65.7 Å². The molecule has 1 aromatic carbocycles. The highest BCUT2D eigenvalue weighted by molar-refractivity contribution is 6.30. The van der Waals surface area contributed by atoms with Gasteiger partial charge in [-0.3, -0.25) is 4.98 Å².